The average molecular weight is 337 g/mol. The van der Waals surface area contributed by atoms with Crippen molar-refractivity contribution in [2.24, 2.45) is 4.99 Å². The lowest BCUT2D eigenvalue weighted by Gasteiger charge is -2.20. The summed E-state index contributed by atoms with van der Waals surface area (Å²) in [6, 6.07) is 5.91. The van der Waals surface area contributed by atoms with Crippen molar-refractivity contribution >= 4 is 5.96 Å². The molecule has 0 saturated carbocycles. The van der Waals surface area contributed by atoms with Crippen molar-refractivity contribution in [1.82, 2.24) is 10.6 Å². The fourth-order valence-electron chi connectivity index (χ4n) is 2.06. The molecule has 0 aliphatic carbocycles. The third-order valence-corrected chi connectivity index (χ3v) is 3.84. The summed E-state index contributed by atoms with van der Waals surface area (Å²) in [5, 5.41) is 16.5. The summed E-state index contributed by atoms with van der Waals surface area (Å²) in [6.45, 7) is 7.64. The molecule has 1 aromatic carbocycles. The van der Waals surface area contributed by atoms with Gasteiger partial charge < -0.3 is 25.2 Å². The molecule has 24 heavy (non-hydrogen) atoms. The van der Waals surface area contributed by atoms with E-state index in [1.54, 1.807) is 21.1 Å². The molecular weight excluding hydrogens is 306 g/mol. The van der Waals surface area contributed by atoms with Gasteiger partial charge in [0.05, 0.1) is 26.4 Å². The fraction of sp³-hybridized carbons (Fsp3) is 0.611. The monoisotopic (exact) mass is 337 g/mol. The Morgan fingerprint density at radius 3 is 2.46 bits per heavy atom. The van der Waals surface area contributed by atoms with Crippen molar-refractivity contribution in [2.75, 3.05) is 33.9 Å². The first kappa shape index (κ1) is 20.1. The topological polar surface area (TPSA) is 75.1 Å². The molecule has 136 valence electrons. The minimum atomic E-state index is -0.772. The zero-order chi connectivity index (χ0) is 18.0. The smallest absolute Gasteiger partial charge is 0.191 e. The van der Waals surface area contributed by atoms with E-state index in [4.69, 9.17) is 9.47 Å². The molecule has 6 heteroatoms. The van der Waals surface area contributed by atoms with Crippen LogP contribution in [0.2, 0.25) is 0 Å². The van der Waals surface area contributed by atoms with Gasteiger partial charge in [-0.1, -0.05) is 13.0 Å². The predicted molar refractivity (Wildman–Crippen MR) is 98.1 cm³/mol. The Balaban J connectivity index is 2.60. The number of rotatable bonds is 9. The van der Waals surface area contributed by atoms with E-state index in [1.807, 2.05) is 32.0 Å². The van der Waals surface area contributed by atoms with E-state index in [0.29, 0.717) is 18.9 Å². The molecule has 0 aliphatic rings. The van der Waals surface area contributed by atoms with Crippen LogP contribution in [-0.2, 0) is 6.42 Å². The van der Waals surface area contributed by atoms with Gasteiger partial charge in [0.25, 0.3) is 0 Å². The van der Waals surface area contributed by atoms with Crippen LogP contribution < -0.4 is 20.1 Å². The summed E-state index contributed by atoms with van der Waals surface area (Å²) >= 11 is 0. The first-order chi connectivity index (χ1) is 11.5. The number of aliphatic imine (C=N–C) groups is 1. The normalized spacial score (nSPS) is 14.0. The number of ether oxygens (including phenoxy) is 2. The van der Waals surface area contributed by atoms with Crippen LogP contribution in [0.4, 0.5) is 0 Å². The molecule has 6 nitrogen and oxygen atoms in total. The van der Waals surface area contributed by atoms with Gasteiger partial charge in [0.15, 0.2) is 17.5 Å². The molecular formula is C18H31N3O3. The molecule has 0 bridgehead atoms. The molecule has 0 aromatic heterocycles. The van der Waals surface area contributed by atoms with Crippen molar-refractivity contribution < 1.29 is 14.6 Å². The predicted octanol–water partition coefficient (Wildman–Crippen LogP) is 1.96. The highest BCUT2D eigenvalue weighted by atomic mass is 16.5. The Labute approximate surface area is 145 Å². The zero-order valence-electron chi connectivity index (χ0n) is 15.5. The van der Waals surface area contributed by atoms with Gasteiger partial charge >= 0.3 is 0 Å². The third-order valence-electron chi connectivity index (χ3n) is 3.84. The van der Waals surface area contributed by atoms with Crippen molar-refractivity contribution in [3.63, 3.8) is 0 Å². The van der Waals surface area contributed by atoms with Crippen LogP contribution in [0.5, 0.6) is 11.5 Å². The van der Waals surface area contributed by atoms with E-state index in [-0.39, 0.29) is 0 Å². The van der Waals surface area contributed by atoms with Gasteiger partial charge in [-0.3, -0.25) is 4.99 Å². The summed E-state index contributed by atoms with van der Waals surface area (Å²) in [7, 11) is 3.26. The highest BCUT2D eigenvalue weighted by molar-refractivity contribution is 5.79. The quantitative estimate of drug-likeness (QED) is 0.474. The van der Waals surface area contributed by atoms with Crippen LogP contribution >= 0.6 is 0 Å². The van der Waals surface area contributed by atoms with E-state index in [1.165, 1.54) is 0 Å². The first-order valence-corrected chi connectivity index (χ1v) is 8.41. The molecule has 0 spiro atoms. The number of hydrogen-bond donors (Lipinski definition) is 3. The van der Waals surface area contributed by atoms with E-state index in [0.717, 1.165) is 36.6 Å². The second-order valence-electron chi connectivity index (χ2n) is 5.91. The molecule has 0 heterocycles. The minimum Gasteiger partial charge on any atom is -0.493 e. The Morgan fingerprint density at radius 1 is 1.17 bits per heavy atom. The van der Waals surface area contributed by atoms with Crippen LogP contribution in [0.3, 0.4) is 0 Å². The summed E-state index contributed by atoms with van der Waals surface area (Å²) < 4.78 is 10.6. The van der Waals surface area contributed by atoms with Crippen molar-refractivity contribution in [3.8, 4) is 11.5 Å². The van der Waals surface area contributed by atoms with Crippen LogP contribution in [0, 0.1) is 0 Å². The van der Waals surface area contributed by atoms with Gasteiger partial charge in [-0.05, 0) is 44.4 Å². The number of hydrogen-bond acceptors (Lipinski definition) is 4. The summed E-state index contributed by atoms with van der Waals surface area (Å²) in [6.07, 6.45) is 1.50. The molecule has 0 amide bonds. The SMILES string of the molecule is CCNC(=NCC(C)(O)CC)NCCc1ccc(OC)c(OC)c1. The van der Waals surface area contributed by atoms with Gasteiger partial charge in [-0.25, -0.2) is 0 Å². The van der Waals surface area contributed by atoms with Gasteiger partial charge in [-0.15, -0.1) is 0 Å². The molecule has 3 N–H and O–H groups in total. The van der Waals surface area contributed by atoms with E-state index >= 15 is 0 Å². The maximum Gasteiger partial charge on any atom is 0.191 e. The number of benzene rings is 1. The third kappa shape index (κ3) is 6.66. The average Bonchev–Trinajstić information content (AvgIpc) is 2.59. The summed E-state index contributed by atoms with van der Waals surface area (Å²) in [5.74, 6) is 2.17. The highest BCUT2D eigenvalue weighted by Crippen LogP contribution is 2.27. The maximum absolute atomic E-state index is 10.1. The number of guanidine groups is 1. The molecule has 0 fully saturated rings. The lowest BCUT2D eigenvalue weighted by Crippen LogP contribution is -2.40. The van der Waals surface area contributed by atoms with Gasteiger partial charge in [0.1, 0.15) is 0 Å². The van der Waals surface area contributed by atoms with Crippen LogP contribution in [0.15, 0.2) is 23.2 Å². The van der Waals surface area contributed by atoms with E-state index in [9.17, 15) is 5.11 Å². The molecule has 1 atom stereocenters. The van der Waals surface area contributed by atoms with Crippen LogP contribution in [0.25, 0.3) is 0 Å². The zero-order valence-corrected chi connectivity index (χ0v) is 15.5. The number of nitrogens with zero attached hydrogens (tertiary/aromatic N) is 1. The Hall–Kier alpha value is -1.95. The van der Waals surface area contributed by atoms with Gasteiger partial charge in [0.2, 0.25) is 0 Å². The van der Waals surface area contributed by atoms with E-state index in [2.05, 4.69) is 15.6 Å². The summed E-state index contributed by atoms with van der Waals surface area (Å²) in [5.41, 5.74) is 0.377. The van der Waals surface area contributed by atoms with Crippen LogP contribution in [0.1, 0.15) is 32.8 Å². The minimum absolute atomic E-state index is 0.370. The van der Waals surface area contributed by atoms with Crippen molar-refractivity contribution in [2.45, 2.75) is 39.2 Å². The van der Waals surface area contributed by atoms with Gasteiger partial charge in [-0.2, -0.15) is 0 Å². The number of nitrogens with one attached hydrogen (secondary N) is 2. The van der Waals surface area contributed by atoms with Crippen molar-refractivity contribution in [1.29, 1.82) is 0 Å². The Bertz CT molecular complexity index is 530. The largest absolute Gasteiger partial charge is 0.493 e. The Kier molecular flexibility index (Phi) is 8.40. The van der Waals surface area contributed by atoms with Crippen molar-refractivity contribution in [3.05, 3.63) is 23.8 Å². The second-order valence-corrected chi connectivity index (χ2v) is 5.91. The first-order valence-electron chi connectivity index (χ1n) is 8.41. The molecule has 0 radical (unpaired) electrons. The summed E-state index contributed by atoms with van der Waals surface area (Å²) in [4.78, 5) is 4.45. The van der Waals surface area contributed by atoms with Crippen LogP contribution in [-0.4, -0.2) is 50.5 Å². The fourth-order valence-corrected chi connectivity index (χ4v) is 2.06. The Morgan fingerprint density at radius 2 is 1.88 bits per heavy atom. The van der Waals surface area contributed by atoms with E-state index < -0.39 is 5.60 Å². The highest BCUT2D eigenvalue weighted by Gasteiger charge is 2.16. The lowest BCUT2D eigenvalue weighted by atomic mass is 10.1. The number of methoxy groups -OCH3 is 2. The second kappa shape index (κ2) is 10.0. The molecule has 1 aromatic rings. The maximum atomic E-state index is 10.1. The lowest BCUT2D eigenvalue weighted by molar-refractivity contribution is 0.0656. The molecule has 0 saturated heterocycles. The number of aliphatic hydroxyl groups is 1. The standard InChI is InChI=1S/C18H31N3O3/c1-6-18(3,22)13-21-17(19-7-2)20-11-10-14-8-9-15(23-4)16(12-14)24-5/h8-9,12,22H,6-7,10-11,13H2,1-5H3,(H2,19,20,21). The molecule has 0 aliphatic heterocycles. The molecule has 1 unspecified atom stereocenters. The molecule has 1 rings (SSSR count). The van der Waals surface area contributed by atoms with Gasteiger partial charge in [0, 0.05) is 13.1 Å².